The minimum Gasteiger partial charge on any atom is -0.298 e. The molecule has 1 aromatic carbocycles. The van der Waals surface area contributed by atoms with Crippen molar-refractivity contribution >= 4 is 28.2 Å². The van der Waals surface area contributed by atoms with Crippen molar-refractivity contribution in [1.29, 1.82) is 0 Å². The van der Waals surface area contributed by atoms with E-state index < -0.39 is 0 Å². The largest absolute Gasteiger partial charge is 0.298 e. The van der Waals surface area contributed by atoms with Crippen LogP contribution in [0.2, 0.25) is 0 Å². The van der Waals surface area contributed by atoms with Crippen molar-refractivity contribution in [2.24, 2.45) is 5.41 Å². The zero-order chi connectivity index (χ0) is 16.8. The smallest absolute Gasteiger partial charge is 0.257 e. The van der Waals surface area contributed by atoms with E-state index in [2.05, 4.69) is 24.1 Å². The third kappa shape index (κ3) is 3.20. The fourth-order valence-corrected chi connectivity index (χ4v) is 3.92. The van der Waals surface area contributed by atoms with Gasteiger partial charge in [0.25, 0.3) is 5.91 Å². The topological polar surface area (TPSA) is 59.1 Å². The molecule has 3 rings (SSSR count). The van der Waals surface area contributed by atoms with Crippen LogP contribution < -0.4 is 5.32 Å². The van der Waals surface area contributed by atoms with Gasteiger partial charge in [-0.05, 0) is 37.3 Å². The molecule has 23 heavy (non-hydrogen) atoms. The fourth-order valence-electron chi connectivity index (χ4n) is 3.01. The van der Waals surface area contributed by atoms with Crippen molar-refractivity contribution in [3.63, 3.8) is 0 Å². The number of aryl methyl sites for hydroxylation is 2. The summed E-state index contributed by atoms with van der Waals surface area (Å²) in [4.78, 5) is 29.8. The van der Waals surface area contributed by atoms with E-state index in [9.17, 15) is 9.59 Å². The van der Waals surface area contributed by atoms with Crippen molar-refractivity contribution in [3.05, 3.63) is 45.5 Å². The second kappa shape index (κ2) is 5.57. The quantitative estimate of drug-likeness (QED) is 0.900. The van der Waals surface area contributed by atoms with Crippen molar-refractivity contribution in [2.75, 3.05) is 5.32 Å². The Morgan fingerprint density at radius 1 is 1.26 bits per heavy atom. The van der Waals surface area contributed by atoms with E-state index in [4.69, 9.17) is 0 Å². The summed E-state index contributed by atoms with van der Waals surface area (Å²) in [6, 6.07) is 5.72. The summed E-state index contributed by atoms with van der Waals surface area (Å²) >= 11 is 1.28. The fraction of sp³-hybridized carbons (Fsp3) is 0.389. The Kier molecular flexibility index (Phi) is 3.84. The lowest BCUT2D eigenvalue weighted by atomic mass is 9.78. The predicted molar refractivity (Wildman–Crippen MR) is 92.4 cm³/mol. The molecule has 1 aliphatic carbocycles. The molecule has 120 valence electrons. The standard InChI is InChI=1S/C18H20N2O2S/c1-10-5-6-12(11(2)7-10)16(22)20-17-19-13-8-18(3,4)9-14(21)15(13)23-17/h5-7H,8-9H2,1-4H3,(H,19,20,22). The summed E-state index contributed by atoms with van der Waals surface area (Å²) in [7, 11) is 0. The van der Waals surface area contributed by atoms with Gasteiger partial charge in [-0.1, -0.05) is 42.9 Å². The van der Waals surface area contributed by atoms with E-state index in [-0.39, 0.29) is 17.1 Å². The van der Waals surface area contributed by atoms with E-state index in [0.717, 1.165) is 23.2 Å². The molecule has 0 aliphatic heterocycles. The van der Waals surface area contributed by atoms with Crippen molar-refractivity contribution in [3.8, 4) is 0 Å². The molecule has 1 aliphatic rings. The Morgan fingerprint density at radius 2 is 2.00 bits per heavy atom. The second-order valence-corrected chi connectivity index (χ2v) is 8.01. The first-order valence-corrected chi connectivity index (χ1v) is 8.48. The van der Waals surface area contributed by atoms with Crippen LogP contribution in [0.1, 0.15) is 57.1 Å². The summed E-state index contributed by atoms with van der Waals surface area (Å²) in [5.41, 5.74) is 3.44. The number of rotatable bonds is 2. The SMILES string of the molecule is Cc1ccc(C(=O)Nc2nc3c(s2)C(=O)CC(C)(C)C3)c(C)c1. The summed E-state index contributed by atoms with van der Waals surface area (Å²) in [5.74, 6) is -0.0546. The van der Waals surface area contributed by atoms with Gasteiger partial charge in [-0.3, -0.25) is 14.9 Å². The van der Waals surface area contributed by atoms with Gasteiger partial charge in [0, 0.05) is 12.0 Å². The Bertz CT molecular complexity index is 805. The van der Waals surface area contributed by atoms with Gasteiger partial charge in [0.05, 0.1) is 10.6 Å². The van der Waals surface area contributed by atoms with Crippen molar-refractivity contribution in [1.82, 2.24) is 4.98 Å². The Balaban J connectivity index is 1.84. The molecule has 0 spiro atoms. The van der Waals surface area contributed by atoms with Crippen LogP contribution in [-0.2, 0) is 6.42 Å². The Morgan fingerprint density at radius 3 is 2.70 bits per heavy atom. The monoisotopic (exact) mass is 328 g/mol. The first-order chi connectivity index (χ1) is 10.7. The lowest BCUT2D eigenvalue weighted by molar-refractivity contribution is 0.0915. The molecule has 0 saturated carbocycles. The number of amides is 1. The molecule has 1 amide bonds. The van der Waals surface area contributed by atoms with E-state index in [0.29, 0.717) is 22.0 Å². The number of benzene rings is 1. The van der Waals surface area contributed by atoms with E-state index in [1.165, 1.54) is 11.3 Å². The molecule has 4 nitrogen and oxygen atoms in total. The zero-order valence-electron chi connectivity index (χ0n) is 13.8. The Hall–Kier alpha value is -2.01. The molecule has 1 N–H and O–H groups in total. The molecule has 0 fully saturated rings. The van der Waals surface area contributed by atoms with Gasteiger partial charge in [-0.25, -0.2) is 4.98 Å². The third-order valence-corrected chi connectivity index (χ3v) is 5.14. The van der Waals surface area contributed by atoms with E-state index in [1.807, 2.05) is 32.0 Å². The van der Waals surface area contributed by atoms with Gasteiger partial charge in [-0.15, -0.1) is 0 Å². The number of Topliss-reactive ketones (excluding diaryl/α,β-unsaturated/α-hetero) is 1. The van der Waals surface area contributed by atoms with Crippen molar-refractivity contribution in [2.45, 2.75) is 40.5 Å². The number of nitrogens with zero attached hydrogens (tertiary/aromatic N) is 1. The minimum atomic E-state index is -0.180. The van der Waals surface area contributed by atoms with Gasteiger partial charge >= 0.3 is 0 Å². The molecule has 1 heterocycles. The summed E-state index contributed by atoms with van der Waals surface area (Å²) in [5, 5.41) is 3.35. The molecule has 2 aromatic rings. The number of fused-ring (bicyclic) bond motifs is 1. The highest BCUT2D eigenvalue weighted by Crippen LogP contribution is 2.38. The molecule has 0 saturated heterocycles. The number of ketones is 1. The molecular weight excluding hydrogens is 308 g/mol. The zero-order valence-corrected chi connectivity index (χ0v) is 14.6. The number of hydrogen-bond donors (Lipinski definition) is 1. The summed E-state index contributed by atoms with van der Waals surface area (Å²) < 4.78 is 0. The van der Waals surface area contributed by atoms with Crippen molar-refractivity contribution < 1.29 is 9.59 Å². The molecule has 5 heteroatoms. The van der Waals surface area contributed by atoms with Crippen LogP contribution in [0.15, 0.2) is 18.2 Å². The summed E-state index contributed by atoms with van der Waals surface area (Å²) in [6.45, 7) is 8.06. The molecule has 0 atom stereocenters. The number of thiazole rings is 1. The van der Waals surface area contributed by atoms with Crippen LogP contribution in [-0.4, -0.2) is 16.7 Å². The summed E-state index contributed by atoms with van der Waals surface area (Å²) in [6.07, 6.45) is 1.30. The van der Waals surface area contributed by atoms with Gasteiger partial charge in [-0.2, -0.15) is 0 Å². The van der Waals surface area contributed by atoms with Gasteiger partial charge in [0.2, 0.25) is 0 Å². The number of hydrogen-bond acceptors (Lipinski definition) is 4. The van der Waals surface area contributed by atoms with E-state index >= 15 is 0 Å². The van der Waals surface area contributed by atoms with Crippen LogP contribution in [0.5, 0.6) is 0 Å². The average Bonchev–Trinajstić information content (AvgIpc) is 2.79. The van der Waals surface area contributed by atoms with Crippen LogP contribution >= 0.6 is 11.3 Å². The average molecular weight is 328 g/mol. The number of carbonyl (C=O) groups is 2. The Labute approximate surface area is 140 Å². The molecule has 1 aromatic heterocycles. The van der Waals surface area contributed by atoms with Crippen LogP contribution in [0.3, 0.4) is 0 Å². The van der Waals surface area contributed by atoms with Crippen LogP contribution in [0.4, 0.5) is 5.13 Å². The predicted octanol–water partition coefficient (Wildman–Crippen LogP) is 4.17. The minimum absolute atomic E-state index is 0.0625. The number of aromatic nitrogens is 1. The maximum atomic E-state index is 12.4. The van der Waals surface area contributed by atoms with Crippen LogP contribution in [0.25, 0.3) is 0 Å². The van der Waals surface area contributed by atoms with Gasteiger partial charge in [0.1, 0.15) is 0 Å². The maximum Gasteiger partial charge on any atom is 0.257 e. The first-order valence-electron chi connectivity index (χ1n) is 7.67. The third-order valence-electron chi connectivity index (χ3n) is 4.08. The highest BCUT2D eigenvalue weighted by molar-refractivity contribution is 7.17. The highest BCUT2D eigenvalue weighted by Gasteiger charge is 2.34. The molecule has 0 radical (unpaired) electrons. The maximum absolute atomic E-state index is 12.4. The second-order valence-electron chi connectivity index (χ2n) is 7.01. The molecule has 0 unspecified atom stereocenters. The van der Waals surface area contributed by atoms with Crippen LogP contribution in [0, 0.1) is 19.3 Å². The van der Waals surface area contributed by atoms with Gasteiger partial charge in [0.15, 0.2) is 10.9 Å². The van der Waals surface area contributed by atoms with Gasteiger partial charge < -0.3 is 0 Å². The first kappa shape index (κ1) is 15.9. The lowest BCUT2D eigenvalue weighted by Gasteiger charge is -2.26. The number of anilines is 1. The number of carbonyl (C=O) groups excluding carboxylic acids is 2. The molecule has 0 bridgehead atoms. The highest BCUT2D eigenvalue weighted by atomic mass is 32.1. The van der Waals surface area contributed by atoms with E-state index in [1.54, 1.807) is 0 Å². The normalized spacial score (nSPS) is 16.1. The number of nitrogens with one attached hydrogen (secondary N) is 1. The lowest BCUT2D eigenvalue weighted by Crippen LogP contribution is -2.26. The molecular formula is C18H20N2O2S.